The molecule has 1 fully saturated rings. The molecule has 0 saturated carbocycles. The van der Waals surface area contributed by atoms with Crippen LogP contribution in [-0.2, 0) is 9.53 Å². The van der Waals surface area contributed by atoms with Crippen molar-refractivity contribution in [2.24, 2.45) is 0 Å². The minimum Gasteiger partial charge on any atom is -0.384 e. The number of rotatable bonds is 2. The Morgan fingerprint density at radius 3 is 3.00 bits per heavy atom. The van der Waals surface area contributed by atoms with Gasteiger partial charge in [0.1, 0.15) is 12.2 Å². The SMILES string of the molecule is Cc1ccc(NC(=O)C2(C)CCCO2)cc1C#CCO. The maximum atomic E-state index is 12.2. The lowest BCUT2D eigenvalue weighted by Gasteiger charge is -2.22. The second-order valence-electron chi connectivity index (χ2n) is 5.13. The third kappa shape index (κ3) is 3.19. The first kappa shape index (κ1) is 14.6. The number of hydrogen-bond donors (Lipinski definition) is 2. The van der Waals surface area contributed by atoms with E-state index >= 15 is 0 Å². The number of ether oxygens (including phenoxy) is 1. The highest BCUT2D eigenvalue weighted by Gasteiger charge is 2.37. The standard InChI is InChI=1S/C16H19NO3/c1-12-6-7-14(11-13(12)5-3-9-18)17-15(19)16(2)8-4-10-20-16/h6-7,11,18H,4,8-10H2,1-2H3,(H,17,19). The van der Waals surface area contributed by atoms with Crippen molar-refractivity contribution in [2.45, 2.75) is 32.3 Å². The predicted octanol–water partition coefficient (Wildman–Crippen LogP) is 1.85. The number of aryl methyl sites for hydroxylation is 1. The van der Waals surface area contributed by atoms with Crippen molar-refractivity contribution in [2.75, 3.05) is 18.5 Å². The molecule has 2 N–H and O–H groups in total. The summed E-state index contributed by atoms with van der Waals surface area (Å²) in [7, 11) is 0. The van der Waals surface area contributed by atoms with Gasteiger partial charge in [-0.05, 0) is 44.4 Å². The maximum Gasteiger partial charge on any atom is 0.256 e. The topological polar surface area (TPSA) is 58.6 Å². The van der Waals surface area contributed by atoms with E-state index in [1.165, 1.54) is 0 Å². The van der Waals surface area contributed by atoms with Crippen molar-refractivity contribution >= 4 is 11.6 Å². The van der Waals surface area contributed by atoms with E-state index in [1.54, 1.807) is 0 Å². The zero-order valence-electron chi connectivity index (χ0n) is 11.8. The van der Waals surface area contributed by atoms with Crippen molar-refractivity contribution in [1.82, 2.24) is 0 Å². The van der Waals surface area contributed by atoms with Crippen LogP contribution in [0.2, 0.25) is 0 Å². The van der Waals surface area contributed by atoms with Gasteiger partial charge in [-0.2, -0.15) is 0 Å². The Morgan fingerprint density at radius 2 is 2.35 bits per heavy atom. The van der Waals surface area contributed by atoms with E-state index in [-0.39, 0.29) is 12.5 Å². The molecule has 1 heterocycles. The molecule has 1 aliphatic rings. The fraction of sp³-hybridized carbons (Fsp3) is 0.438. The van der Waals surface area contributed by atoms with E-state index in [0.29, 0.717) is 12.3 Å². The van der Waals surface area contributed by atoms with Gasteiger partial charge in [-0.15, -0.1) is 0 Å². The third-order valence-corrected chi connectivity index (χ3v) is 3.50. The molecule has 1 aliphatic heterocycles. The Kier molecular flexibility index (Phi) is 4.43. The first-order chi connectivity index (χ1) is 9.55. The lowest BCUT2D eigenvalue weighted by atomic mass is 10.0. The van der Waals surface area contributed by atoms with Gasteiger partial charge in [0.05, 0.1) is 0 Å². The second kappa shape index (κ2) is 6.08. The number of carbonyl (C=O) groups excluding carboxylic acids is 1. The predicted molar refractivity (Wildman–Crippen MR) is 77.4 cm³/mol. The summed E-state index contributed by atoms with van der Waals surface area (Å²) in [5.41, 5.74) is 1.77. The zero-order valence-corrected chi connectivity index (χ0v) is 11.8. The van der Waals surface area contributed by atoms with Crippen molar-refractivity contribution < 1.29 is 14.6 Å². The van der Waals surface area contributed by atoms with Gasteiger partial charge >= 0.3 is 0 Å². The summed E-state index contributed by atoms with van der Waals surface area (Å²) in [4.78, 5) is 12.2. The second-order valence-corrected chi connectivity index (χ2v) is 5.13. The van der Waals surface area contributed by atoms with Gasteiger partial charge in [-0.3, -0.25) is 4.79 Å². The molecular formula is C16H19NO3. The number of hydrogen-bond acceptors (Lipinski definition) is 3. The summed E-state index contributed by atoms with van der Waals surface area (Å²) in [5.74, 6) is 5.36. The van der Waals surface area contributed by atoms with Crippen LogP contribution in [0.4, 0.5) is 5.69 Å². The van der Waals surface area contributed by atoms with Crippen LogP contribution in [0.25, 0.3) is 0 Å². The summed E-state index contributed by atoms with van der Waals surface area (Å²) < 4.78 is 5.52. The average Bonchev–Trinajstić information content (AvgIpc) is 2.87. The Morgan fingerprint density at radius 1 is 1.55 bits per heavy atom. The van der Waals surface area contributed by atoms with Crippen molar-refractivity contribution in [1.29, 1.82) is 0 Å². The molecule has 0 spiro atoms. The lowest BCUT2D eigenvalue weighted by Crippen LogP contribution is -2.39. The zero-order chi connectivity index (χ0) is 14.6. The summed E-state index contributed by atoms with van der Waals surface area (Å²) in [6, 6.07) is 5.55. The van der Waals surface area contributed by atoms with Gasteiger partial charge in [-0.25, -0.2) is 0 Å². The Hall–Kier alpha value is -1.83. The van der Waals surface area contributed by atoms with Crippen LogP contribution < -0.4 is 5.32 Å². The number of carbonyl (C=O) groups is 1. The molecule has 1 amide bonds. The number of nitrogens with one attached hydrogen (secondary N) is 1. The lowest BCUT2D eigenvalue weighted by molar-refractivity contribution is -0.133. The van der Waals surface area contributed by atoms with Crippen molar-refractivity contribution in [3.05, 3.63) is 29.3 Å². The van der Waals surface area contributed by atoms with Crippen LogP contribution >= 0.6 is 0 Å². The number of amides is 1. The molecular weight excluding hydrogens is 254 g/mol. The molecule has 0 bridgehead atoms. The molecule has 4 heteroatoms. The molecule has 0 aromatic heterocycles. The first-order valence-corrected chi connectivity index (χ1v) is 6.71. The molecule has 1 unspecified atom stereocenters. The van der Waals surface area contributed by atoms with Gasteiger partial charge < -0.3 is 15.2 Å². The molecule has 0 radical (unpaired) electrons. The van der Waals surface area contributed by atoms with Crippen LogP contribution in [0.1, 0.15) is 30.9 Å². The van der Waals surface area contributed by atoms with Crippen LogP contribution in [0.5, 0.6) is 0 Å². The number of aliphatic hydroxyl groups is 1. The highest BCUT2D eigenvalue weighted by atomic mass is 16.5. The summed E-state index contributed by atoms with van der Waals surface area (Å²) in [6.45, 7) is 4.21. The quantitative estimate of drug-likeness (QED) is 0.808. The van der Waals surface area contributed by atoms with Gasteiger partial charge in [0.15, 0.2) is 0 Å². The monoisotopic (exact) mass is 273 g/mol. The normalized spacial score (nSPS) is 21.1. The number of anilines is 1. The maximum absolute atomic E-state index is 12.2. The number of benzene rings is 1. The van der Waals surface area contributed by atoms with Crippen LogP contribution in [-0.4, -0.2) is 29.8 Å². The minimum atomic E-state index is -0.734. The fourth-order valence-corrected chi connectivity index (χ4v) is 2.19. The van der Waals surface area contributed by atoms with Gasteiger partial charge in [0, 0.05) is 17.9 Å². The largest absolute Gasteiger partial charge is 0.384 e. The Labute approximate surface area is 119 Å². The van der Waals surface area contributed by atoms with E-state index in [9.17, 15) is 4.79 Å². The van der Waals surface area contributed by atoms with Crippen LogP contribution in [0, 0.1) is 18.8 Å². The molecule has 1 aromatic rings. The fourth-order valence-electron chi connectivity index (χ4n) is 2.19. The number of aliphatic hydroxyl groups excluding tert-OH is 1. The molecule has 1 saturated heterocycles. The third-order valence-electron chi connectivity index (χ3n) is 3.50. The summed E-state index contributed by atoms with van der Waals surface area (Å²) in [5, 5.41) is 11.6. The average molecular weight is 273 g/mol. The highest BCUT2D eigenvalue weighted by molar-refractivity contribution is 5.97. The summed E-state index contributed by atoms with van der Waals surface area (Å²) >= 11 is 0. The van der Waals surface area contributed by atoms with Gasteiger partial charge in [-0.1, -0.05) is 17.9 Å². The highest BCUT2D eigenvalue weighted by Crippen LogP contribution is 2.27. The molecule has 20 heavy (non-hydrogen) atoms. The first-order valence-electron chi connectivity index (χ1n) is 6.71. The molecule has 0 aliphatic carbocycles. The molecule has 2 rings (SSSR count). The van der Waals surface area contributed by atoms with Gasteiger partial charge in [0.25, 0.3) is 5.91 Å². The minimum absolute atomic E-state index is 0.125. The molecule has 1 aromatic carbocycles. The van der Waals surface area contributed by atoms with Crippen molar-refractivity contribution in [3.63, 3.8) is 0 Å². The van der Waals surface area contributed by atoms with E-state index < -0.39 is 5.60 Å². The molecule has 4 nitrogen and oxygen atoms in total. The van der Waals surface area contributed by atoms with E-state index in [0.717, 1.165) is 24.0 Å². The van der Waals surface area contributed by atoms with Crippen LogP contribution in [0.3, 0.4) is 0 Å². The Balaban J connectivity index is 2.15. The molecule has 106 valence electrons. The van der Waals surface area contributed by atoms with Gasteiger partial charge in [0.2, 0.25) is 0 Å². The van der Waals surface area contributed by atoms with E-state index in [2.05, 4.69) is 17.2 Å². The van der Waals surface area contributed by atoms with Crippen LogP contribution in [0.15, 0.2) is 18.2 Å². The Bertz CT molecular complexity index is 563. The summed E-state index contributed by atoms with van der Waals surface area (Å²) in [6.07, 6.45) is 1.65. The molecule has 1 atom stereocenters. The van der Waals surface area contributed by atoms with E-state index in [1.807, 2.05) is 32.0 Å². The smallest absolute Gasteiger partial charge is 0.256 e. The van der Waals surface area contributed by atoms with E-state index in [4.69, 9.17) is 9.84 Å². The van der Waals surface area contributed by atoms with Crippen molar-refractivity contribution in [3.8, 4) is 11.8 Å².